The molecule has 0 bridgehead atoms. The highest BCUT2D eigenvalue weighted by Gasteiger charge is 2.27. The molecule has 3 rings (SSSR count). The fourth-order valence-corrected chi connectivity index (χ4v) is 2.23. The van der Waals surface area contributed by atoms with Gasteiger partial charge < -0.3 is 0 Å². The van der Waals surface area contributed by atoms with Crippen molar-refractivity contribution in [3.63, 3.8) is 0 Å². The molecule has 2 N–H and O–H groups in total. The summed E-state index contributed by atoms with van der Waals surface area (Å²) < 4.78 is 0. The average Bonchev–Trinajstić information content (AvgIpc) is 2.90. The van der Waals surface area contributed by atoms with Gasteiger partial charge in [0.25, 0.3) is 5.91 Å². The van der Waals surface area contributed by atoms with Crippen LogP contribution in [0.3, 0.4) is 0 Å². The number of thiocarbonyl (C=S) groups is 1. The Labute approximate surface area is 128 Å². The van der Waals surface area contributed by atoms with E-state index in [2.05, 4.69) is 10.9 Å². The molecule has 2 aromatic rings. The van der Waals surface area contributed by atoms with E-state index in [-0.39, 0.29) is 5.91 Å². The normalized spacial score (nSPS) is 14.4. The molecule has 106 valence electrons. The summed E-state index contributed by atoms with van der Waals surface area (Å²) in [7, 11) is 0. The smallest absolute Gasteiger partial charge is 0.267 e. The third-order valence-electron chi connectivity index (χ3n) is 3.06. The molecule has 0 unspecified atom stereocenters. The number of hydrogen-bond acceptors (Lipinski definition) is 4. The quantitative estimate of drug-likeness (QED) is 0.848. The molecule has 0 spiro atoms. The van der Waals surface area contributed by atoms with E-state index in [1.54, 1.807) is 22.4 Å². The van der Waals surface area contributed by atoms with E-state index >= 15 is 0 Å². The number of para-hydroxylation sites is 1. The minimum absolute atomic E-state index is 0.206. The van der Waals surface area contributed by atoms with Gasteiger partial charge in [-0.15, -0.1) is 0 Å². The Morgan fingerprint density at radius 1 is 1.05 bits per heavy atom. The second kappa shape index (κ2) is 5.90. The third kappa shape index (κ3) is 2.86. The van der Waals surface area contributed by atoms with Crippen molar-refractivity contribution in [2.24, 2.45) is 0 Å². The average molecular weight is 298 g/mol. The number of rotatable bonds is 3. The van der Waals surface area contributed by atoms with Crippen molar-refractivity contribution in [1.29, 1.82) is 0 Å². The minimum atomic E-state index is -0.206. The van der Waals surface area contributed by atoms with Crippen LogP contribution in [0.15, 0.2) is 60.7 Å². The first-order valence-electron chi connectivity index (χ1n) is 6.53. The number of anilines is 1. The van der Waals surface area contributed by atoms with Gasteiger partial charge in [-0.05, 0) is 24.3 Å². The van der Waals surface area contributed by atoms with Crippen LogP contribution in [0.5, 0.6) is 0 Å². The number of nitrogens with one attached hydrogen (secondary N) is 2. The molecule has 5 nitrogen and oxygen atoms in total. The Bertz CT molecular complexity index is 647. The maximum absolute atomic E-state index is 12.3. The van der Waals surface area contributed by atoms with Gasteiger partial charge in [-0.25, -0.2) is 10.9 Å². The summed E-state index contributed by atoms with van der Waals surface area (Å²) in [6.45, 7) is 0.499. The zero-order chi connectivity index (χ0) is 14.7. The summed E-state index contributed by atoms with van der Waals surface area (Å²) in [6.07, 6.45) is 0. The number of benzene rings is 2. The Kier molecular flexibility index (Phi) is 3.81. The first-order valence-corrected chi connectivity index (χ1v) is 6.94. The fraction of sp³-hybridized carbons (Fsp3) is 0.0667. The van der Waals surface area contributed by atoms with E-state index < -0.39 is 0 Å². The van der Waals surface area contributed by atoms with Crippen LogP contribution in [0.1, 0.15) is 10.4 Å². The summed E-state index contributed by atoms with van der Waals surface area (Å²) in [5, 5.41) is 3.28. The molecular formula is C15H14N4OS. The number of carbonyl (C=O) groups is 1. The van der Waals surface area contributed by atoms with Gasteiger partial charge in [0, 0.05) is 5.56 Å². The van der Waals surface area contributed by atoms with E-state index in [4.69, 9.17) is 12.2 Å². The molecule has 0 aromatic heterocycles. The van der Waals surface area contributed by atoms with Crippen molar-refractivity contribution in [1.82, 2.24) is 16.0 Å². The second-order valence-electron chi connectivity index (χ2n) is 4.49. The van der Waals surface area contributed by atoms with Crippen molar-refractivity contribution in [2.75, 3.05) is 11.7 Å². The van der Waals surface area contributed by atoms with Crippen LogP contribution < -0.4 is 16.0 Å². The zero-order valence-corrected chi connectivity index (χ0v) is 12.0. The zero-order valence-electron chi connectivity index (χ0n) is 11.2. The minimum Gasteiger partial charge on any atom is -0.267 e. The van der Waals surface area contributed by atoms with Crippen molar-refractivity contribution < 1.29 is 4.79 Å². The Morgan fingerprint density at radius 2 is 1.67 bits per heavy atom. The molecule has 0 radical (unpaired) electrons. The Hall–Kier alpha value is -2.44. The number of hydrogen-bond donors (Lipinski definition) is 2. The summed E-state index contributed by atoms with van der Waals surface area (Å²) in [6, 6.07) is 18.7. The highest BCUT2D eigenvalue weighted by atomic mass is 32.1. The molecule has 6 heteroatoms. The lowest BCUT2D eigenvalue weighted by atomic mass is 10.2. The lowest BCUT2D eigenvalue weighted by Crippen LogP contribution is -2.53. The first-order chi connectivity index (χ1) is 10.3. The van der Waals surface area contributed by atoms with E-state index in [9.17, 15) is 4.79 Å². The summed E-state index contributed by atoms with van der Waals surface area (Å²) in [5.41, 5.74) is 7.42. The van der Waals surface area contributed by atoms with Crippen LogP contribution in [0, 0.1) is 0 Å². The lowest BCUT2D eigenvalue weighted by Gasteiger charge is -2.29. The maximum Gasteiger partial charge on any atom is 0.271 e. The van der Waals surface area contributed by atoms with Gasteiger partial charge in [0.15, 0.2) is 0 Å². The SMILES string of the molecule is O=C(NN1C(=S)CNN1c1ccccc1)c1ccccc1. The largest absolute Gasteiger partial charge is 0.271 e. The summed E-state index contributed by atoms with van der Waals surface area (Å²) >= 11 is 5.29. The summed E-state index contributed by atoms with van der Waals surface area (Å²) in [5.74, 6) is -0.206. The van der Waals surface area contributed by atoms with Gasteiger partial charge in [-0.3, -0.25) is 4.79 Å². The molecule has 0 saturated carbocycles. The number of hydrazine groups is 3. The van der Waals surface area contributed by atoms with Crippen LogP contribution in [0.4, 0.5) is 5.69 Å². The van der Waals surface area contributed by atoms with Crippen LogP contribution in [-0.4, -0.2) is 22.6 Å². The molecule has 21 heavy (non-hydrogen) atoms. The van der Waals surface area contributed by atoms with Crippen molar-refractivity contribution in [3.05, 3.63) is 66.2 Å². The number of amides is 1. The van der Waals surface area contributed by atoms with Gasteiger partial charge >= 0.3 is 0 Å². The van der Waals surface area contributed by atoms with Crippen LogP contribution >= 0.6 is 12.2 Å². The topological polar surface area (TPSA) is 47.6 Å². The third-order valence-corrected chi connectivity index (χ3v) is 3.38. The predicted octanol–water partition coefficient (Wildman–Crippen LogP) is 1.90. The molecule has 1 aliphatic heterocycles. The molecule has 1 fully saturated rings. The Morgan fingerprint density at radius 3 is 2.33 bits per heavy atom. The molecule has 2 aromatic carbocycles. The van der Waals surface area contributed by atoms with E-state index in [0.29, 0.717) is 17.1 Å². The predicted molar refractivity (Wildman–Crippen MR) is 85.3 cm³/mol. The number of carbonyl (C=O) groups excluding carboxylic acids is 1. The molecular weight excluding hydrogens is 284 g/mol. The van der Waals surface area contributed by atoms with Gasteiger partial charge in [0.2, 0.25) is 0 Å². The highest BCUT2D eigenvalue weighted by Crippen LogP contribution is 2.16. The van der Waals surface area contributed by atoms with Gasteiger partial charge in [0.05, 0.1) is 12.2 Å². The molecule has 0 atom stereocenters. The van der Waals surface area contributed by atoms with Gasteiger partial charge in [-0.1, -0.05) is 48.6 Å². The van der Waals surface area contributed by atoms with E-state index in [0.717, 1.165) is 5.69 Å². The van der Waals surface area contributed by atoms with Crippen molar-refractivity contribution >= 4 is 28.8 Å². The van der Waals surface area contributed by atoms with Crippen molar-refractivity contribution in [3.8, 4) is 0 Å². The van der Waals surface area contributed by atoms with E-state index in [1.807, 2.05) is 48.5 Å². The van der Waals surface area contributed by atoms with Crippen LogP contribution in [0.2, 0.25) is 0 Å². The second-order valence-corrected chi connectivity index (χ2v) is 4.97. The molecule has 1 heterocycles. The van der Waals surface area contributed by atoms with Crippen molar-refractivity contribution in [2.45, 2.75) is 0 Å². The fourth-order valence-electron chi connectivity index (χ4n) is 2.04. The molecule has 1 saturated heterocycles. The van der Waals surface area contributed by atoms with E-state index in [1.165, 1.54) is 0 Å². The monoisotopic (exact) mass is 298 g/mol. The molecule has 1 amide bonds. The summed E-state index contributed by atoms with van der Waals surface area (Å²) in [4.78, 5) is 12.9. The molecule has 0 aliphatic carbocycles. The van der Waals surface area contributed by atoms with Gasteiger partial charge in [-0.2, -0.15) is 10.2 Å². The lowest BCUT2D eigenvalue weighted by molar-refractivity contribution is 0.0865. The van der Waals surface area contributed by atoms with Crippen LogP contribution in [-0.2, 0) is 0 Å². The van der Waals surface area contributed by atoms with Gasteiger partial charge in [0.1, 0.15) is 4.99 Å². The highest BCUT2D eigenvalue weighted by molar-refractivity contribution is 7.80. The molecule has 1 aliphatic rings. The first kappa shape index (κ1) is 13.5. The van der Waals surface area contributed by atoms with Crippen LogP contribution in [0.25, 0.3) is 0 Å². The number of nitrogens with zero attached hydrogens (tertiary/aromatic N) is 2. The maximum atomic E-state index is 12.3. The standard InChI is InChI=1S/C15H14N4OS/c20-15(12-7-3-1-4-8-12)17-19-14(21)11-16-18(19)13-9-5-2-6-10-13/h1-10,16H,11H2,(H,17,20). The Balaban J connectivity index is 1.79.